The molecule has 2 atom stereocenters. The number of hydrogen-bond acceptors (Lipinski definition) is 3. The zero-order valence-corrected chi connectivity index (χ0v) is 9.78. The molecule has 0 aromatic heterocycles. The second kappa shape index (κ2) is 4.29. The number of hydrogen-bond donors (Lipinski definition) is 0. The molecular formula is C14H13NO3. The topological polar surface area (TPSA) is 46.6 Å². The zero-order valence-electron chi connectivity index (χ0n) is 9.78. The first-order valence-corrected chi connectivity index (χ1v) is 5.98. The molecule has 4 nitrogen and oxygen atoms in total. The molecule has 2 aliphatic rings. The maximum atomic E-state index is 11.9. The van der Waals surface area contributed by atoms with Crippen LogP contribution >= 0.6 is 0 Å². The monoisotopic (exact) mass is 243 g/mol. The third-order valence-electron chi connectivity index (χ3n) is 3.35. The standard InChI is InChI=1S/C14H13NO3/c16-13-11-6-7-12(8-11)15(13)14(17)18-9-10-4-2-1-3-5-10/h1-7,11-12H,8-9H2/t11-,12+/m0/s1. The molecule has 1 fully saturated rings. The minimum absolute atomic E-state index is 0.106. The Kier molecular flexibility index (Phi) is 2.63. The van der Waals surface area contributed by atoms with Gasteiger partial charge in [0.2, 0.25) is 5.91 Å². The molecule has 1 saturated heterocycles. The number of imide groups is 1. The summed E-state index contributed by atoms with van der Waals surface area (Å²) in [5.41, 5.74) is 0.915. The van der Waals surface area contributed by atoms with Gasteiger partial charge in [0.15, 0.2) is 0 Å². The SMILES string of the molecule is O=C(OCc1ccccc1)N1C(=O)[C@H]2C=C[C@@H]1C2. The fourth-order valence-corrected chi connectivity index (χ4v) is 2.41. The highest BCUT2D eigenvalue weighted by atomic mass is 16.6. The van der Waals surface area contributed by atoms with Crippen molar-refractivity contribution in [3.05, 3.63) is 48.0 Å². The van der Waals surface area contributed by atoms with Gasteiger partial charge in [-0.2, -0.15) is 0 Å². The van der Waals surface area contributed by atoms with Gasteiger partial charge in [0.1, 0.15) is 6.61 Å². The van der Waals surface area contributed by atoms with Crippen LogP contribution in [0.2, 0.25) is 0 Å². The molecule has 0 radical (unpaired) electrons. The second-order valence-corrected chi connectivity index (χ2v) is 4.54. The molecule has 1 heterocycles. The van der Waals surface area contributed by atoms with Gasteiger partial charge in [0.05, 0.1) is 12.0 Å². The van der Waals surface area contributed by atoms with Crippen LogP contribution in [0.1, 0.15) is 12.0 Å². The first-order chi connectivity index (χ1) is 8.75. The van der Waals surface area contributed by atoms with Crippen molar-refractivity contribution in [2.24, 2.45) is 5.92 Å². The number of fused-ring (bicyclic) bond motifs is 2. The molecule has 2 bridgehead atoms. The summed E-state index contributed by atoms with van der Waals surface area (Å²) in [6, 6.07) is 9.32. The smallest absolute Gasteiger partial charge is 0.417 e. The van der Waals surface area contributed by atoms with E-state index in [9.17, 15) is 9.59 Å². The van der Waals surface area contributed by atoms with E-state index >= 15 is 0 Å². The predicted molar refractivity (Wildman–Crippen MR) is 64.5 cm³/mol. The molecule has 2 amide bonds. The summed E-state index contributed by atoms with van der Waals surface area (Å²) in [6.45, 7) is 0.199. The van der Waals surface area contributed by atoms with Gasteiger partial charge in [0.25, 0.3) is 0 Å². The first kappa shape index (κ1) is 11.0. The fourth-order valence-electron chi connectivity index (χ4n) is 2.41. The van der Waals surface area contributed by atoms with E-state index in [1.54, 1.807) is 0 Å². The first-order valence-electron chi connectivity index (χ1n) is 5.98. The molecule has 0 unspecified atom stereocenters. The summed E-state index contributed by atoms with van der Waals surface area (Å²) in [5.74, 6) is -0.264. The van der Waals surface area contributed by atoms with Gasteiger partial charge in [-0.05, 0) is 12.0 Å². The molecule has 1 aromatic carbocycles. The van der Waals surface area contributed by atoms with Crippen LogP contribution in [0.3, 0.4) is 0 Å². The van der Waals surface area contributed by atoms with Crippen LogP contribution in [-0.2, 0) is 16.1 Å². The van der Waals surface area contributed by atoms with Crippen molar-refractivity contribution in [2.75, 3.05) is 0 Å². The van der Waals surface area contributed by atoms with E-state index in [2.05, 4.69) is 0 Å². The van der Waals surface area contributed by atoms with Crippen LogP contribution in [0.25, 0.3) is 0 Å². The van der Waals surface area contributed by atoms with E-state index in [0.29, 0.717) is 6.42 Å². The Morgan fingerprint density at radius 2 is 2.06 bits per heavy atom. The van der Waals surface area contributed by atoms with Crippen molar-refractivity contribution in [3.8, 4) is 0 Å². The molecule has 4 heteroatoms. The van der Waals surface area contributed by atoms with Crippen LogP contribution in [0.5, 0.6) is 0 Å². The lowest BCUT2D eigenvalue weighted by Crippen LogP contribution is -2.40. The quantitative estimate of drug-likeness (QED) is 0.747. The molecule has 18 heavy (non-hydrogen) atoms. The van der Waals surface area contributed by atoms with Crippen molar-refractivity contribution in [1.82, 2.24) is 4.90 Å². The van der Waals surface area contributed by atoms with E-state index in [4.69, 9.17) is 4.74 Å². The van der Waals surface area contributed by atoms with Gasteiger partial charge < -0.3 is 4.74 Å². The normalized spacial score (nSPS) is 24.7. The third kappa shape index (κ3) is 1.79. The van der Waals surface area contributed by atoms with Crippen LogP contribution < -0.4 is 0 Å². The van der Waals surface area contributed by atoms with Gasteiger partial charge >= 0.3 is 6.09 Å². The molecule has 0 spiro atoms. The number of nitrogens with zero attached hydrogens (tertiary/aromatic N) is 1. The molecule has 92 valence electrons. The Morgan fingerprint density at radius 3 is 2.72 bits per heavy atom. The second-order valence-electron chi connectivity index (χ2n) is 4.54. The lowest BCUT2D eigenvalue weighted by Gasteiger charge is -2.21. The van der Waals surface area contributed by atoms with Crippen molar-refractivity contribution in [3.63, 3.8) is 0 Å². The van der Waals surface area contributed by atoms with Crippen molar-refractivity contribution in [1.29, 1.82) is 0 Å². The summed E-state index contributed by atoms with van der Waals surface area (Å²) in [5, 5.41) is 0. The number of amides is 2. The third-order valence-corrected chi connectivity index (χ3v) is 3.35. The Bertz CT molecular complexity index is 509. The molecule has 3 rings (SSSR count). The van der Waals surface area contributed by atoms with Crippen LogP contribution in [0.4, 0.5) is 4.79 Å². The average Bonchev–Trinajstić information content (AvgIpc) is 2.98. The predicted octanol–water partition coefficient (Wildman–Crippen LogP) is 2.11. The van der Waals surface area contributed by atoms with Gasteiger partial charge in [-0.15, -0.1) is 0 Å². The molecule has 1 aromatic rings. The number of ether oxygens (including phenoxy) is 1. The van der Waals surface area contributed by atoms with E-state index < -0.39 is 6.09 Å². The summed E-state index contributed by atoms with van der Waals surface area (Å²) in [6.07, 6.45) is 3.93. The van der Waals surface area contributed by atoms with Crippen molar-refractivity contribution >= 4 is 12.0 Å². The minimum Gasteiger partial charge on any atom is -0.444 e. The number of carbonyl (C=O) groups excluding carboxylic acids is 2. The van der Waals surface area contributed by atoms with E-state index in [0.717, 1.165) is 5.56 Å². The molecule has 0 N–H and O–H groups in total. The largest absolute Gasteiger partial charge is 0.444 e. The van der Waals surface area contributed by atoms with Crippen molar-refractivity contribution in [2.45, 2.75) is 19.1 Å². The van der Waals surface area contributed by atoms with E-state index in [1.165, 1.54) is 4.90 Å². The van der Waals surface area contributed by atoms with Gasteiger partial charge in [-0.25, -0.2) is 9.69 Å². The van der Waals surface area contributed by atoms with E-state index in [-0.39, 0.29) is 24.5 Å². The summed E-state index contributed by atoms with van der Waals surface area (Å²) < 4.78 is 5.17. The van der Waals surface area contributed by atoms with Gasteiger partial charge in [-0.1, -0.05) is 42.5 Å². The number of rotatable bonds is 2. The average molecular weight is 243 g/mol. The zero-order chi connectivity index (χ0) is 12.5. The van der Waals surface area contributed by atoms with Crippen molar-refractivity contribution < 1.29 is 14.3 Å². The Balaban J connectivity index is 1.63. The van der Waals surface area contributed by atoms with Crippen LogP contribution in [-0.4, -0.2) is 22.9 Å². The van der Waals surface area contributed by atoms with Gasteiger partial charge in [-0.3, -0.25) is 4.79 Å². The summed E-state index contributed by atoms with van der Waals surface area (Å²) in [4.78, 5) is 24.9. The number of carbonyl (C=O) groups is 2. The lowest BCUT2D eigenvalue weighted by molar-refractivity contribution is -0.129. The van der Waals surface area contributed by atoms with Crippen LogP contribution in [0.15, 0.2) is 42.5 Å². The lowest BCUT2D eigenvalue weighted by atomic mass is 10.1. The Morgan fingerprint density at radius 1 is 1.28 bits per heavy atom. The Hall–Kier alpha value is -2.10. The Labute approximate surface area is 105 Å². The van der Waals surface area contributed by atoms with E-state index in [1.807, 2.05) is 42.5 Å². The summed E-state index contributed by atoms with van der Waals surface area (Å²) in [7, 11) is 0. The number of likely N-dealkylation sites (tertiary alicyclic amines) is 1. The van der Waals surface area contributed by atoms with Gasteiger partial charge in [0, 0.05) is 0 Å². The summed E-state index contributed by atoms with van der Waals surface area (Å²) >= 11 is 0. The molecular weight excluding hydrogens is 230 g/mol. The molecule has 1 aliphatic heterocycles. The highest BCUT2D eigenvalue weighted by molar-refractivity contribution is 5.97. The molecule has 1 aliphatic carbocycles. The minimum atomic E-state index is -0.541. The van der Waals surface area contributed by atoms with Crippen LogP contribution in [0, 0.1) is 5.92 Å². The fraction of sp³-hybridized carbons (Fsp3) is 0.286. The highest BCUT2D eigenvalue weighted by Crippen LogP contribution is 2.33. The maximum absolute atomic E-state index is 11.9. The number of benzene rings is 1. The maximum Gasteiger partial charge on any atom is 0.417 e. The molecule has 0 saturated carbocycles. The highest BCUT2D eigenvalue weighted by Gasteiger charge is 2.45.